The monoisotopic (exact) mass is 313 g/mol. The molecule has 0 heterocycles. The fraction of sp³-hybridized carbons (Fsp3) is 0.222. The van der Waals surface area contributed by atoms with Gasteiger partial charge in [-0.25, -0.2) is 0 Å². The maximum Gasteiger partial charge on any atom is 0.0546 e. The van der Waals surface area contributed by atoms with Crippen molar-refractivity contribution < 1.29 is 0 Å². The molecule has 0 amide bonds. The highest BCUT2D eigenvalue weighted by molar-refractivity contribution is 8.00. The standard InChI is InChI=1S/C18H23N3S/c1-3-13-22-21(18-7-5-4-6-8-18)14-16-9-11-17(12-10-16)15(2)20-19/h4-12,20H,2-3,13-14,19H2,1H3. The van der Waals surface area contributed by atoms with E-state index in [0.29, 0.717) is 0 Å². The molecule has 0 aliphatic rings. The molecule has 0 aliphatic heterocycles. The lowest BCUT2D eigenvalue weighted by Crippen LogP contribution is -2.19. The van der Waals surface area contributed by atoms with E-state index >= 15 is 0 Å². The third kappa shape index (κ3) is 4.55. The lowest BCUT2D eigenvalue weighted by molar-refractivity contribution is 0.993. The lowest BCUT2D eigenvalue weighted by atomic mass is 10.1. The number of hydrogen-bond acceptors (Lipinski definition) is 4. The van der Waals surface area contributed by atoms with E-state index in [-0.39, 0.29) is 0 Å². The first-order chi connectivity index (χ1) is 10.7. The summed E-state index contributed by atoms with van der Waals surface area (Å²) in [5.41, 5.74) is 6.83. The van der Waals surface area contributed by atoms with Crippen LogP contribution in [0.4, 0.5) is 5.69 Å². The van der Waals surface area contributed by atoms with Gasteiger partial charge in [-0.15, -0.1) is 0 Å². The van der Waals surface area contributed by atoms with Crippen molar-refractivity contribution >= 4 is 23.3 Å². The molecular weight excluding hydrogens is 290 g/mol. The molecule has 0 radical (unpaired) electrons. The number of para-hydroxylation sites is 1. The second-order valence-electron chi connectivity index (χ2n) is 5.03. The average molecular weight is 313 g/mol. The summed E-state index contributed by atoms with van der Waals surface area (Å²) >= 11 is 1.87. The fourth-order valence-corrected chi connectivity index (χ4v) is 2.98. The van der Waals surface area contributed by atoms with Crippen LogP contribution in [-0.4, -0.2) is 5.75 Å². The van der Waals surface area contributed by atoms with Crippen molar-refractivity contribution in [2.75, 3.05) is 10.1 Å². The molecule has 0 unspecified atom stereocenters. The van der Waals surface area contributed by atoms with Crippen LogP contribution < -0.4 is 15.6 Å². The Morgan fingerprint density at radius 1 is 1.14 bits per heavy atom. The van der Waals surface area contributed by atoms with Gasteiger partial charge < -0.3 is 9.73 Å². The SMILES string of the molecule is C=C(NN)c1ccc(CN(SCCC)c2ccccc2)cc1. The molecule has 0 aromatic heterocycles. The van der Waals surface area contributed by atoms with Gasteiger partial charge in [0.1, 0.15) is 0 Å². The first kappa shape index (κ1) is 16.5. The summed E-state index contributed by atoms with van der Waals surface area (Å²) in [4.78, 5) is 0. The quantitative estimate of drug-likeness (QED) is 0.436. The molecule has 2 rings (SSSR count). The Labute approximate surface area is 137 Å². The highest BCUT2D eigenvalue weighted by atomic mass is 32.2. The molecule has 0 atom stereocenters. The number of nitrogens with one attached hydrogen (secondary N) is 1. The van der Waals surface area contributed by atoms with Gasteiger partial charge in [0.2, 0.25) is 0 Å². The van der Waals surface area contributed by atoms with Gasteiger partial charge in [0.05, 0.1) is 6.54 Å². The van der Waals surface area contributed by atoms with Crippen LogP contribution in [0.2, 0.25) is 0 Å². The van der Waals surface area contributed by atoms with Gasteiger partial charge in [0, 0.05) is 17.1 Å². The Kier molecular flexibility index (Phi) is 6.37. The van der Waals surface area contributed by atoms with Crippen molar-refractivity contribution in [1.82, 2.24) is 5.43 Å². The third-order valence-electron chi connectivity index (χ3n) is 3.30. The summed E-state index contributed by atoms with van der Waals surface area (Å²) in [7, 11) is 0. The van der Waals surface area contributed by atoms with E-state index in [9.17, 15) is 0 Å². The van der Waals surface area contributed by atoms with Gasteiger partial charge in [-0.05, 0) is 41.6 Å². The van der Waals surface area contributed by atoms with E-state index in [1.165, 1.54) is 11.3 Å². The Morgan fingerprint density at radius 2 is 1.82 bits per heavy atom. The molecular formula is C18H23N3S. The highest BCUT2D eigenvalue weighted by Crippen LogP contribution is 2.25. The number of anilines is 1. The van der Waals surface area contributed by atoms with Crippen LogP contribution in [-0.2, 0) is 6.54 Å². The molecule has 0 spiro atoms. The molecule has 116 valence electrons. The van der Waals surface area contributed by atoms with Crippen LogP contribution in [0.3, 0.4) is 0 Å². The van der Waals surface area contributed by atoms with E-state index in [1.54, 1.807) is 0 Å². The molecule has 0 aliphatic carbocycles. The summed E-state index contributed by atoms with van der Waals surface area (Å²) in [5, 5.41) is 0. The van der Waals surface area contributed by atoms with Crippen molar-refractivity contribution in [3.8, 4) is 0 Å². The Bertz CT molecular complexity index is 581. The minimum Gasteiger partial charge on any atom is -0.324 e. The van der Waals surface area contributed by atoms with Gasteiger partial charge in [0.25, 0.3) is 0 Å². The number of benzene rings is 2. The summed E-state index contributed by atoms with van der Waals surface area (Å²) in [6.07, 6.45) is 1.16. The van der Waals surface area contributed by atoms with E-state index in [1.807, 2.05) is 30.1 Å². The first-order valence-electron chi connectivity index (χ1n) is 7.45. The van der Waals surface area contributed by atoms with Crippen LogP contribution in [0.5, 0.6) is 0 Å². The first-order valence-corrected chi connectivity index (χ1v) is 8.39. The minimum absolute atomic E-state index is 0.729. The van der Waals surface area contributed by atoms with E-state index in [0.717, 1.165) is 30.0 Å². The Hall–Kier alpha value is -1.91. The van der Waals surface area contributed by atoms with Crippen molar-refractivity contribution in [2.24, 2.45) is 5.84 Å². The molecule has 2 aromatic rings. The summed E-state index contributed by atoms with van der Waals surface area (Å²) in [6, 6.07) is 18.8. The fourth-order valence-electron chi connectivity index (χ4n) is 2.07. The summed E-state index contributed by atoms with van der Waals surface area (Å²) < 4.78 is 2.34. The van der Waals surface area contributed by atoms with Crippen LogP contribution in [0.1, 0.15) is 24.5 Å². The van der Waals surface area contributed by atoms with Crippen molar-refractivity contribution in [2.45, 2.75) is 19.9 Å². The maximum atomic E-state index is 5.39. The maximum absolute atomic E-state index is 5.39. The van der Waals surface area contributed by atoms with Gasteiger partial charge in [-0.1, -0.05) is 56.0 Å². The molecule has 3 nitrogen and oxygen atoms in total. The predicted octanol–water partition coefficient (Wildman–Crippen LogP) is 4.19. The van der Waals surface area contributed by atoms with Gasteiger partial charge in [0.15, 0.2) is 0 Å². The van der Waals surface area contributed by atoms with Crippen molar-refractivity contribution in [3.63, 3.8) is 0 Å². The molecule has 0 bridgehead atoms. The third-order valence-corrected chi connectivity index (χ3v) is 4.54. The smallest absolute Gasteiger partial charge is 0.0546 e. The summed E-state index contributed by atoms with van der Waals surface area (Å²) in [6.45, 7) is 6.95. The second kappa shape index (κ2) is 8.51. The second-order valence-corrected chi connectivity index (χ2v) is 6.13. The molecule has 2 aromatic carbocycles. The van der Waals surface area contributed by atoms with Crippen molar-refractivity contribution in [1.29, 1.82) is 0 Å². The zero-order valence-corrected chi connectivity index (χ0v) is 13.8. The average Bonchev–Trinajstić information content (AvgIpc) is 2.59. The van der Waals surface area contributed by atoms with E-state index in [4.69, 9.17) is 5.84 Å². The van der Waals surface area contributed by atoms with Gasteiger partial charge in [-0.2, -0.15) is 0 Å². The summed E-state index contributed by atoms with van der Waals surface area (Å²) in [5.74, 6) is 6.50. The Morgan fingerprint density at radius 3 is 2.41 bits per heavy atom. The zero-order chi connectivity index (χ0) is 15.8. The molecule has 3 N–H and O–H groups in total. The Balaban J connectivity index is 2.11. The minimum atomic E-state index is 0.729. The van der Waals surface area contributed by atoms with E-state index in [2.05, 4.69) is 59.6 Å². The zero-order valence-electron chi connectivity index (χ0n) is 13.0. The normalized spacial score (nSPS) is 10.3. The molecule has 0 fully saturated rings. The van der Waals surface area contributed by atoms with E-state index < -0.39 is 0 Å². The van der Waals surface area contributed by atoms with Gasteiger partial charge in [-0.3, -0.25) is 5.84 Å². The van der Waals surface area contributed by atoms with Crippen LogP contribution in [0, 0.1) is 0 Å². The lowest BCUT2D eigenvalue weighted by Gasteiger charge is -2.23. The topological polar surface area (TPSA) is 41.3 Å². The van der Waals surface area contributed by atoms with Crippen LogP contribution >= 0.6 is 11.9 Å². The molecule has 0 saturated carbocycles. The molecule has 0 saturated heterocycles. The van der Waals surface area contributed by atoms with Crippen LogP contribution in [0.25, 0.3) is 5.70 Å². The van der Waals surface area contributed by atoms with Gasteiger partial charge >= 0.3 is 0 Å². The number of hydrogen-bond donors (Lipinski definition) is 2. The number of nitrogens with two attached hydrogens (primary N) is 1. The molecule has 22 heavy (non-hydrogen) atoms. The molecule has 4 heteroatoms. The largest absolute Gasteiger partial charge is 0.324 e. The number of rotatable bonds is 8. The highest BCUT2D eigenvalue weighted by Gasteiger charge is 2.08. The number of nitrogens with zero attached hydrogens (tertiary/aromatic N) is 1. The van der Waals surface area contributed by atoms with Crippen molar-refractivity contribution in [3.05, 3.63) is 72.3 Å². The predicted molar refractivity (Wildman–Crippen MR) is 98.2 cm³/mol. The van der Waals surface area contributed by atoms with Crippen LogP contribution in [0.15, 0.2) is 61.2 Å². The number of hydrazine groups is 1.